The quantitative estimate of drug-likeness (QED) is 0.784. The predicted molar refractivity (Wildman–Crippen MR) is 110 cm³/mol. The maximum Gasteiger partial charge on any atom is 0.254 e. The first-order valence-corrected chi connectivity index (χ1v) is 9.86. The number of carbonyl (C=O) groups is 2. The van der Waals surface area contributed by atoms with Gasteiger partial charge in [-0.15, -0.1) is 0 Å². The van der Waals surface area contributed by atoms with Crippen LogP contribution in [0.4, 0.5) is 5.95 Å². The van der Waals surface area contributed by atoms with Crippen molar-refractivity contribution in [3.8, 4) is 0 Å². The molecule has 2 aromatic heterocycles. The van der Waals surface area contributed by atoms with E-state index in [9.17, 15) is 9.59 Å². The van der Waals surface area contributed by atoms with Gasteiger partial charge >= 0.3 is 0 Å². The minimum absolute atomic E-state index is 0.00656. The maximum atomic E-state index is 12.7. The Balaban J connectivity index is 1.79. The smallest absolute Gasteiger partial charge is 0.254 e. The topological polar surface area (TPSA) is 96.2 Å². The van der Waals surface area contributed by atoms with Crippen molar-refractivity contribution in [3.05, 3.63) is 35.4 Å². The summed E-state index contributed by atoms with van der Waals surface area (Å²) in [7, 11) is 3.73. The first kappa shape index (κ1) is 20.8. The Morgan fingerprint density at radius 1 is 1.31 bits per heavy atom. The van der Waals surface area contributed by atoms with Crippen LogP contribution in [0.15, 0.2) is 18.6 Å². The number of carbonyl (C=O) groups excluding carboxylic acids is 2. The molecule has 0 radical (unpaired) electrons. The Labute approximate surface area is 171 Å². The van der Waals surface area contributed by atoms with Gasteiger partial charge in [-0.2, -0.15) is 5.10 Å². The second-order valence-corrected chi connectivity index (χ2v) is 8.03. The van der Waals surface area contributed by atoms with E-state index in [1.807, 2.05) is 50.9 Å². The van der Waals surface area contributed by atoms with E-state index in [-0.39, 0.29) is 30.3 Å². The first-order chi connectivity index (χ1) is 13.7. The molecule has 1 N–H and O–H groups in total. The number of likely N-dealkylation sites (tertiary alicyclic amines) is 1. The van der Waals surface area contributed by atoms with Gasteiger partial charge in [0.15, 0.2) is 0 Å². The highest BCUT2D eigenvalue weighted by molar-refractivity contribution is 5.95. The van der Waals surface area contributed by atoms with Gasteiger partial charge in [-0.3, -0.25) is 14.3 Å². The number of amides is 2. The van der Waals surface area contributed by atoms with Crippen molar-refractivity contribution in [3.63, 3.8) is 0 Å². The van der Waals surface area contributed by atoms with Crippen LogP contribution in [0.25, 0.3) is 0 Å². The number of rotatable bonds is 6. The molecule has 0 aliphatic carbocycles. The Hall–Kier alpha value is -2.97. The number of hydrogen-bond acceptors (Lipinski definition) is 6. The van der Waals surface area contributed by atoms with E-state index in [2.05, 4.69) is 20.4 Å². The van der Waals surface area contributed by atoms with Gasteiger partial charge in [-0.05, 0) is 32.8 Å². The number of aromatic nitrogens is 4. The summed E-state index contributed by atoms with van der Waals surface area (Å²) < 4.78 is 1.65. The van der Waals surface area contributed by atoms with Crippen LogP contribution in [0.2, 0.25) is 0 Å². The third-order valence-corrected chi connectivity index (χ3v) is 4.86. The minimum atomic E-state index is -0.183. The zero-order valence-electron chi connectivity index (χ0n) is 17.7. The van der Waals surface area contributed by atoms with Crippen molar-refractivity contribution in [2.45, 2.75) is 45.7 Å². The molecular weight excluding hydrogens is 370 g/mol. The first-order valence-electron chi connectivity index (χ1n) is 9.86. The van der Waals surface area contributed by atoms with Crippen LogP contribution in [-0.2, 0) is 11.3 Å². The van der Waals surface area contributed by atoms with E-state index in [1.54, 1.807) is 17.1 Å². The highest BCUT2D eigenvalue weighted by atomic mass is 16.2. The summed E-state index contributed by atoms with van der Waals surface area (Å²) in [4.78, 5) is 38.0. The fraction of sp³-hybridized carbons (Fsp3) is 0.550. The van der Waals surface area contributed by atoms with Gasteiger partial charge in [0.2, 0.25) is 11.9 Å². The van der Waals surface area contributed by atoms with E-state index in [1.165, 1.54) is 0 Å². The molecule has 1 atom stereocenters. The van der Waals surface area contributed by atoms with Crippen molar-refractivity contribution in [1.82, 2.24) is 30.0 Å². The Bertz CT molecular complexity index is 891. The summed E-state index contributed by atoms with van der Waals surface area (Å²) in [6, 6.07) is 0.0167. The molecule has 2 amide bonds. The van der Waals surface area contributed by atoms with Gasteiger partial charge in [0.05, 0.1) is 17.5 Å². The van der Waals surface area contributed by atoms with E-state index in [0.717, 1.165) is 12.0 Å². The summed E-state index contributed by atoms with van der Waals surface area (Å²) in [5, 5.41) is 7.11. The molecule has 0 spiro atoms. The van der Waals surface area contributed by atoms with Gasteiger partial charge in [-0.25, -0.2) is 9.97 Å². The minimum Gasteiger partial charge on any atom is -0.350 e. The molecule has 1 aliphatic rings. The predicted octanol–water partition coefficient (Wildman–Crippen LogP) is 1.20. The van der Waals surface area contributed by atoms with Crippen molar-refractivity contribution < 1.29 is 9.59 Å². The SMILES string of the molecule is Cc1cnn(CC(=O)N2CCC(c3nc(N(C)C)ncc3C(=O)NC(C)C)C2)c1. The molecule has 29 heavy (non-hydrogen) atoms. The van der Waals surface area contributed by atoms with Crippen LogP contribution >= 0.6 is 0 Å². The Morgan fingerprint density at radius 3 is 2.69 bits per heavy atom. The summed E-state index contributed by atoms with van der Waals surface area (Å²) in [5.74, 6) is 0.383. The standard InChI is InChI=1S/C20H29N7O2/c1-13(2)23-19(29)16-9-21-20(25(4)5)24-18(16)15-6-7-26(11-15)17(28)12-27-10-14(3)8-22-27/h8-10,13,15H,6-7,11-12H2,1-5H3,(H,23,29). The lowest BCUT2D eigenvalue weighted by molar-refractivity contribution is -0.131. The summed E-state index contributed by atoms with van der Waals surface area (Å²) >= 11 is 0. The zero-order valence-corrected chi connectivity index (χ0v) is 17.7. The molecule has 1 unspecified atom stereocenters. The van der Waals surface area contributed by atoms with Gasteiger partial charge in [-0.1, -0.05) is 0 Å². The van der Waals surface area contributed by atoms with Crippen LogP contribution < -0.4 is 10.2 Å². The normalized spacial score (nSPS) is 16.3. The average molecular weight is 399 g/mol. The fourth-order valence-corrected chi connectivity index (χ4v) is 3.43. The summed E-state index contributed by atoms with van der Waals surface area (Å²) in [6.45, 7) is 7.16. The fourth-order valence-electron chi connectivity index (χ4n) is 3.43. The zero-order chi connectivity index (χ0) is 21.1. The molecule has 2 aromatic rings. The van der Waals surface area contributed by atoms with Crippen LogP contribution in [0, 0.1) is 6.92 Å². The number of hydrogen-bond donors (Lipinski definition) is 1. The number of aryl methyl sites for hydroxylation is 1. The molecule has 1 saturated heterocycles. The van der Waals surface area contributed by atoms with Gasteiger partial charge in [0.25, 0.3) is 5.91 Å². The second kappa shape index (κ2) is 8.59. The van der Waals surface area contributed by atoms with E-state index >= 15 is 0 Å². The molecule has 3 rings (SSSR count). The van der Waals surface area contributed by atoms with Crippen molar-refractivity contribution in [2.75, 3.05) is 32.1 Å². The van der Waals surface area contributed by atoms with Crippen LogP contribution in [0.1, 0.15) is 47.8 Å². The molecule has 3 heterocycles. The lowest BCUT2D eigenvalue weighted by Crippen LogP contribution is -2.33. The lowest BCUT2D eigenvalue weighted by Gasteiger charge is -2.19. The van der Waals surface area contributed by atoms with Crippen LogP contribution in [-0.4, -0.2) is 69.7 Å². The van der Waals surface area contributed by atoms with E-state index < -0.39 is 0 Å². The molecule has 0 aromatic carbocycles. The number of nitrogens with one attached hydrogen (secondary N) is 1. The van der Waals surface area contributed by atoms with Gasteiger partial charge < -0.3 is 15.1 Å². The Kier molecular flexibility index (Phi) is 6.14. The molecular formula is C20H29N7O2. The van der Waals surface area contributed by atoms with Crippen LogP contribution in [0.5, 0.6) is 0 Å². The van der Waals surface area contributed by atoms with E-state index in [0.29, 0.717) is 30.3 Å². The van der Waals surface area contributed by atoms with Gasteiger partial charge in [0, 0.05) is 51.5 Å². The number of anilines is 1. The van der Waals surface area contributed by atoms with Crippen molar-refractivity contribution in [1.29, 1.82) is 0 Å². The van der Waals surface area contributed by atoms with Crippen molar-refractivity contribution >= 4 is 17.8 Å². The summed E-state index contributed by atoms with van der Waals surface area (Å²) in [5.41, 5.74) is 2.20. The van der Waals surface area contributed by atoms with Crippen LogP contribution in [0.3, 0.4) is 0 Å². The molecule has 1 aliphatic heterocycles. The Morgan fingerprint density at radius 2 is 2.07 bits per heavy atom. The highest BCUT2D eigenvalue weighted by Gasteiger charge is 2.32. The molecule has 9 heteroatoms. The monoisotopic (exact) mass is 399 g/mol. The second-order valence-electron chi connectivity index (χ2n) is 8.03. The highest BCUT2D eigenvalue weighted by Crippen LogP contribution is 2.29. The lowest BCUT2D eigenvalue weighted by atomic mass is 9.99. The largest absolute Gasteiger partial charge is 0.350 e. The summed E-state index contributed by atoms with van der Waals surface area (Å²) in [6.07, 6.45) is 5.94. The molecule has 0 bridgehead atoms. The molecule has 1 fully saturated rings. The maximum absolute atomic E-state index is 12.7. The third-order valence-electron chi connectivity index (χ3n) is 4.86. The number of nitrogens with zero attached hydrogens (tertiary/aromatic N) is 6. The van der Waals surface area contributed by atoms with Crippen molar-refractivity contribution in [2.24, 2.45) is 0 Å². The molecule has 156 valence electrons. The third kappa shape index (κ3) is 4.90. The molecule has 0 saturated carbocycles. The molecule has 9 nitrogen and oxygen atoms in total. The van der Waals surface area contributed by atoms with E-state index in [4.69, 9.17) is 0 Å². The van der Waals surface area contributed by atoms with Gasteiger partial charge in [0.1, 0.15) is 6.54 Å². The average Bonchev–Trinajstić information content (AvgIpc) is 3.29.